The number of hydrogen-bond donors (Lipinski definition) is 1. The van der Waals surface area contributed by atoms with Gasteiger partial charge in [-0.2, -0.15) is 0 Å². The second-order valence-electron chi connectivity index (χ2n) is 1.92. The van der Waals surface area contributed by atoms with Crippen molar-refractivity contribution in [2.45, 2.75) is 13.8 Å². The van der Waals surface area contributed by atoms with E-state index in [-0.39, 0.29) is 18.2 Å². The van der Waals surface area contributed by atoms with Crippen molar-refractivity contribution < 1.29 is 9.59 Å². The molecule has 0 rings (SSSR count). The first-order valence-electron chi connectivity index (χ1n) is 3.06. The summed E-state index contributed by atoms with van der Waals surface area (Å²) >= 11 is 0. The van der Waals surface area contributed by atoms with Gasteiger partial charge in [-0.15, -0.1) is 0 Å². The molecule has 1 amide bonds. The highest BCUT2D eigenvalue weighted by molar-refractivity contribution is 5.90. The molecule has 0 fully saturated rings. The van der Waals surface area contributed by atoms with Gasteiger partial charge in [0.25, 0.3) is 0 Å². The molecule has 0 aromatic rings. The van der Waals surface area contributed by atoms with Gasteiger partial charge in [0.2, 0.25) is 5.91 Å². The van der Waals surface area contributed by atoms with Gasteiger partial charge >= 0.3 is 0 Å². The van der Waals surface area contributed by atoms with Gasteiger partial charge in [0.15, 0.2) is 0 Å². The maximum Gasteiger partial charge on any atom is 0.244 e. The number of amides is 1. The van der Waals surface area contributed by atoms with Crippen molar-refractivity contribution in [1.29, 1.82) is 0 Å². The number of carbonyl (C=O) groups is 2. The lowest BCUT2D eigenvalue weighted by Gasteiger charge is -1.95. The van der Waals surface area contributed by atoms with Gasteiger partial charge in [0.1, 0.15) is 5.78 Å². The highest BCUT2D eigenvalue weighted by Gasteiger charge is 1.94. The maximum atomic E-state index is 10.6. The van der Waals surface area contributed by atoms with E-state index in [9.17, 15) is 9.59 Å². The summed E-state index contributed by atoms with van der Waals surface area (Å²) in [5.74, 6) is -0.268. The van der Waals surface area contributed by atoms with Gasteiger partial charge in [-0.1, -0.05) is 6.08 Å². The smallest absolute Gasteiger partial charge is 0.244 e. The first-order valence-corrected chi connectivity index (χ1v) is 3.06. The average Bonchev–Trinajstić information content (AvgIpc) is 1.85. The summed E-state index contributed by atoms with van der Waals surface area (Å²) < 4.78 is 0. The Morgan fingerprint density at radius 1 is 1.50 bits per heavy atom. The number of Topliss-reactive ketones (excluding diaryl/α,β-unsaturated/α-hetero) is 1. The monoisotopic (exact) mass is 141 g/mol. The predicted octanol–water partition coefficient (Wildman–Crippen LogP) is 0.268. The number of allylic oxidation sites excluding steroid dienone is 1. The SMILES string of the molecule is C/C=C/C(=O)NCC(C)=O. The molecule has 3 nitrogen and oxygen atoms in total. The molecule has 0 aromatic heterocycles. The Balaban J connectivity index is 3.50. The van der Waals surface area contributed by atoms with Crippen LogP contribution in [0.1, 0.15) is 13.8 Å². The zero-order chi connectivity index (χ0) is 7.98. The molecule has 0 aliphatic carbocycles. The van der Waals surface area contributed by atoms with Crippen LogP contribution in [0.15, 0.2) is 12.2 Å². The lowest BCUT2D eigenvalue weighted by atomic mass is 10.4. The summed E-state index contributed by atoms with van der Waals surface area (Å²) in [5, 5.41) is 2.41. The second kappa shape index (κ2) is 4.73. The molecule has 0 saturated carbocycles. The quantitative estimate of drug-likeness (QED) is 0.573. The second-order valence-corrected chi connectivity index (χ2v) is 1.92. The first kappa shape index (κ1) is 8.88. The average molecular weight is 141 g/mol. The Hall–Kier alpha value is -1.12. The molecule has 1 N–H and O–H groups in total. The standard InChI is InChI=1S/C7H11NO2/c1-3-4-7(10)8-5-6(2)9/h3-4H,5H2,1-2H3,(H,8,10)/b4-3+. The maximum absolute atomic E-state index is 10.6. The fourth-order valence-electron chi connectivity index (χ4n) is 0.422. The Morgan fingerprint density at radius 2 is 2.10 bits per heavy atom. The molecule has 56 valence electrons. The first-order chi connectivity index (χ1) is 4.66. The molecule has 10 heavy (non-hydrogen) atoms. The molecule has 0 aromatic carbocycles. The summed E-state index contributed by atoms with van der Waals surface area (Å²) in [4.78, 5) is 20.9. The van der Waals surface area contributed by atoms with Gasteiger partial charge in [0.05, 0.1) is 6.54 Å². The topological polar surface area (TPSA) is 46.2 Å². The van der Waals surface area contributed by atoms with Crippen molar-refractivity contribution in [2.75, 3.05) is 6.54 Å². The Kier molecular flexibility index (Phi) is 4.20. The van der Waals surface area contributed by atoms with Crippen LogP contribution in [0.2, 0.25) is 0 Å². The van der Waals surface area contributed by atoms with Crippen molar-refractivity contribution >= 4 is 11.7 Å². The van der Waals surface area contributed by atoms with Crippen LogP contribution in [0.4, 0.5) is 0 Å². The van der Waals surface area contributed by atoms with Crippen molar-refractivity contribution in [3.05, 3.63) is 12.2 Å². The summed E-state index contributed by atoms with van der Waals surface area (Å²) in [5.41, 5.74) is 0. The van der Waals surface area contributed by atoms with Crippen LogP contribution < -0.4 is 5.32 Å². The molecule has 0 spiro atoms. The molecule has 0 aliphatic rings. The molecule has 0 aliphatic heterocycles. The largest absolute Gasteiger partial charge is 0.345 e. The van der Waals surface area contributed by atoms with Crippen LogP contribution in [0.3, 0.4) is 0 Å². The minimum Gasteiger partial charge on any atom is -0.345 e. The van der Waals surface area contributed by atoms with Gasteiger partial charge < -0.3 is 5.32 Å². The van der Waals surface area contributed by atoms with Gasteiger partial charge in [-0.05, 0) is 19.9 Å². The van der Waals surface area contributed by atoms with E-state index in [1.807, 2.05) is 0 Å². The molecular formula is C7H11NO2. The van der Waals surface area contributed by atoms with Crippen LogP contribution in [0.5, 0.6) is 0 Å². The lowest BCUT2D eigenvalue weighted by Crippen LogP contribution is -2.26. The van der Waals surface area contributed by atoms with E-state index in [0.29, 0.717) is 0 Å². The molecule has 0 heterocycles. The third-order valence-electron chi connectivity index (χ3n) is 0.830. The van der Waals surface area contributed by atoms with Crippen LogP contribution in [0, 0.1) is 0 Å². The van der Waals surface area contributed by atoms with Crippen LogP contribution in [-0.4, -0.2) is 18.2 Å². The van der Waals surface area contributed by atoms with Crippen LogP contribution >= 0.6 is 0 Å². The Labute approximate surface area is 60.1 Å². The van der Waals surface area contributed by atoms with E-state index < -0.39 is 0 Å². The number of nitrogens with one attached hydrogen (secondary N) is 1. The van der Waals surface area contributed by atoms with Crippen molar-refractivity contribution in [1.82, 2.24) is 5.32 Å². The van der Waals surface area contributed by atoms with Crippen molar-refractivity contribution in [2.24, 2.45) is 0 Å². The van der Waals surface area contributed by atoms with Gasteiger partial charge in [0, 0.05) is 0 Å². The highest BCUT2D eigenvalue weighted by Crippen LogP contribution is 1.71. The fraction of sp³-hybridized carbons (Fsp3) is 0.429. The summed E-state index contributed by atoms with van der Waals surface area (Å²) in [6, 6.07) is 0. The molecule has 0 unspecified atom stereocenters. The fourth-order valence-corrected chi connectivity index (χ4v) is 0.422. The zero-order valence-corrected chi connectivity index (χ0v) is 6.18. The van der Waals surface area contributed by atoms with Crippen molar-refractivity contribution in [3.8, 4) is 0 Å². The summed E-state index contributed by atoms with van der Waals surface area (Å²) in [7, 11) is 0. The molecule has 0 bridgehead atoms. The molecule has 3 heteroatoms. The minimum atomic E-state index is -0.224. The number of ketones is 1. The number of hydrogen-bond acceptors (Lipinski definition) is 2. The Morgan fingerprint density at radius 3 is 2.50 bits per heavy atom. The third kappa shape index (κ3) is 5.03. The van der Waals surface area contributed by atoms with Crippen molar-refractivity contribution in [3.63, 3.8) is 0 Å². The molecule has 0 saturated heterocycles. The van der Waals surface area contributed by atoms with E-state index >= 15 is 0 Å². The van der Waals surface area contributed by atoms with Crippen LogP contribution in [-0.2, 0) is 9.59 Å². The normalized spacial score (nSPS) is 9.80. The summed E-state index contributed by atoms with van der Waals surface area (Å²) in [6.45, 7) is 3.28. The van der Waals surface area contributed by atoms with E-state index in [0.717, 1.165) is 0 Å². The lowest BCUT2D eigenvalue weighted by molar-refractivity contribution is -0.121. The highest BCUT2D eigenvalue weighted by atomic mass is 16.2. The zero-order valence-electron chi connectivity index (χ0n) is 6.18. The number of carbonyl (C=O) groups excluding carboxylic acids is 2. The number of rotatable bonds is 3. The minimum absolute atomic E-state index is 0.0437. The van der Waals surface area contributed by atoms with E-state index in [2.05, 4.69) is 5.32 Å². The van der Waals surface area contributed by atoms with Crippen LogP contribution in [0.25, 0.3) is 0 Å². The van der Waals surface area contributed by atoms with E-state index in [1.54, 1.807) is 13.0 Å². The van der Waals surface area contributed by atoms with Gasteiger partial charge in [-0.25, -0.2) is 0 Å². The van der Waals surface area contributed by atoms with Gasteiger partial charge in [-0.3, -0.25) is 9.59 Å². The van der Waals surface area contributed by atoms with E-state index in [1.165, 1.54) is 13.0 Å². The summed E-state index contributed by atoms with van der Waals surface area (Å²) in [6.07, 6.45) is 3.00. The predicted molar refractivity (Wildman–Crippen MR) is 38.5 cm³/mol. The molecule has 0 atom stereocenters. The molecular weight excluding hydrogens is 130 g/mol. The van der Waals surface area contributed by atoms with E-state index in [4.69, 9.17) is 0 Å². The molecule has 0 radical (unpaired) electrons. The third-order valence-corrected chi connectivity index (χ3v) is 0.830. The Bertz CT molecular complexity index is 161.